The maximum absolute atomic E-state index is 12.0. The van der Waals surface area contributed by atoms with Crippen LogP contribution in [-0.2, 0) is 0 Å². The Labute approximate surface area is 73.0 Å². The number of hydrogen-bond acceptors (Lipinski definition) is 4. The largest absolute Gasteiger partial charge is 0.707 e. The number of halogens is 2. The van der Waals surface area contributed by atoms with Gasteiger partial charge in [0, 0.05) is 12.3 Å². The Morgan fingerprint density at radius 1 is 1.46 bits per heavy atom. The van der Waals surface area contributed by atoms with Gasteiger partial charge in [-0.05, 0) is 6.07 Å². The molecule has 0 amide bonds. The van der Waals surface area contributed by atoms with Crippen LogP contribution in [0.1, 0.15) is 12.1 Å². The van der Waals surface area contributed by atoms with Crippen LogP contribution in [0.2, 0.25) is 0 Å². The van der Waals surface area contributed by atoms with Crippen molar-refractivity contribution < 1.29 is 23.5 Å². The van der Waals surface area contributed by atoms with Gasteiger partial charge in [-0.3, -0.25) is 4.98 Å². The fourth-order valence-corrected chi connectivity index (χ4v) is 0.742. The first-order valence-corrected chi connectivity index (χ1v) is 3.36. The van der Waals surface area contributed by atoms with E-state index in [2.05, 4.69) is 9.64 Å². The van der Waals surface area contributed by atoms with Crippen LogP contribution in [0.5, 0.6) is 5.75 Å². The first-order chi connectivity index (χ1) is 6.09. The maximum atomic E-state index is 12.0. The first kappa shape index (κ1) is 9.88. The Morgan fingerprint density at radius 3 is 2.69 bits per heavy atom. The average Bonchev–Trinajstić information content (AvgIpc) is 2.03. The van der Waals surface area contributed by atoms with E-state index in [9.17, 15) is 8.78 Å². The van der Waals surface area contributed by atoms with Gasteiger partial charge in [0.2, 0.25) is 0 Å². The van der Waals surface area contributed by atoms with Crippen molar-refractivity contribution in [1.29, 1.82) is 0 Å². The molecule has 0 saturated heterocycles. The van der Waals surface area contributed by atoms with Gasteiger partial charge in [0.05, 0.1) is 0 Å². The van der Waals surface area contributed by atoms with E-state index in [0.29, 0.717) is 0 Å². The zero-order chi connectivity index (χ0) is 9.84. The molecule has 7 heteroatoms. The number of pyridine rings is 1. The minimum Gasteiger partial charge on any atom is -0.512 e. The van der Waals surface area contributed by atoms with Crippen LogP contribution in [0, 0.1) is 0 Å². The van der Waals surface area contributed by atoms with Crippen molar-refractivity contribution in [3.63, 3.8) is 0 Å². The molecule has 0 aliphatic carbocycles. The molecule has 0 fully saturated rings. The van der Waals surface area contributed by atoms with E-state index >= 15 is 0 Å². The lowest BCUT2D eigenvalue weighted by atomic mass is 10.2. The second-order valence-corrected chi connectivity index (χ2v) is 2.16. The lowest BCUT2D eigenvalue weighted by molar-refractivity contribution is 0.145. The monoisotopic (exact) mass is 189 g/mol. The SMILES string of the molecule is OB(O)Oc1ccnc(C(F)F)c1. The second-order valence-electron chi connectivity index (χ2n) is 2.16. The van der Waals surface area contributed by atoms with Crippen LogP contribution >= 0.6 is 0 Å². The number of rotatable bonds is 3. The second kappa shape index (κ2) is 4.15. The standard InChI is InChI=1S/C6H6BF2NO3/c8-6(9)5-3-4(1-2-10-5)13-7(11)12/h1-3,6,11-12H. The zero-order valence-electron chi connectivity index (χ0n) is 6.39. The summed E-state index contributed by atoms with van der Waals surface area (Å²) in [6.45, 7) is 0. The molecule has 0 saturated carbocycles. The van der Waals surface area contributed by atoms with Crippen LogP contribution in [0.25, 0.3) is 0 Å². The average molecular weight is 189 g/mol. The van der Waals surface area contributed by atoms with Gasteiger partial charge in [-0.15, -0.1) is 0 Å². The highest BCUT2D eigenvalue weighted by atomic mass is 19.3. The number of hydrogen-bond donors (Lipinski definition) is 2. The fraction of sp³-hybridized carbons (Fsp3) is 0.167. The molecule has 13 heavy (non-hydrogen) atoms. The van der Waals surface area contributed by atoms with E-state index in [1.807, 2.05) is 0 Å². The van der Waals surface area contributed by atoms with Gasteiger partial charge in [-0.2, -0.15) is 0 Å². The molecule has 0 atom stereocenters. The predicted octanol–water partition coefficient (Wildman–Crippen LogP) is 0.368. The van der Waals surface area contributed by atoms with Crippen molar-refractivity contribution >= 4 is 7.32 Å². The third-order valence-electron chi connectivity index (χ3n) is 1.22. The van der Waals surface area contributed by atoms with Gasteiger partial charge in [0.15, 0.2) is 0 Å². The summed E-state index contributed by atoms with van der Waals surface area (Å²) in [6.07, 6.45) is -1.61. The Hall–Kier alpha value is -1.21. The Bertz CT molecular complexity index is 284. The van der Waals surface area contributed by atoms with Crippen molar-refractivity contribution in [2.24, 2.45) is 0 Å². The predicted molar refractivity (Wildman–Crippen MR) is 40.0 cm³/mol. The smallest absolute Gasteiger partial charge is 0.512 e. The van der Waals surface area contributed by atoms with Gasteiger partial charge >= 0.3 is 7.32 Å². The molecule has 0 spiro atoms. The van der Waals surface area contributed by atoms with Crippen molar-refractivity contribution in [3.8, 4) is 5.75 Å². The van der Waals surface area contributed by atoms with E-state index < -0.39 is 19.4 Å². The van der Waals surface area contributed by atoms with Gasteiger partial charge in [0.1, 0.15) is 11.4 Å². The summed E-state index contributed by atoms with van der Waals surface area (Å²) < 4.78 is 28.4. The van der Waals surface area contributed by atoms with Gasteiger partial charge < -0.3 is 14.7 Å². The lowest BCUT2D eigenvalue weighted by Gasteiger charge is -2.05. The maximum Gasteiger partial charge on any atom is 0.707 e. The molecule has 0 bridgehead atoms. The van der Waals surface area contributed by atoms with Crippen molar-refractivity contribution in [1.82, 2.24) is 4.98 Å². The Kier molecular flexibility index (Phi) is 3.15. The Morgan fingerprint density at radius 2 is 2.15 bits per heavy atom. The summed E-state index contributed by atoms with van der Waals surface area (Å²) in [5.41, 5.74) is -0.474. The quantitative estimate of drug-likeness (QED) is 0.674. The van der Waals surface area contributed by atoms with Crippen molar-refractivity contribution in [2.75, 3.05) is 0 Å². The van der Waals surface area contributed by atoms with Crippen LogP contribution in [0.15, 0.2) is 18.3 Å². The molecule has 70 valence electrons. The molecule has 2 N–H and O–H groups in total. The molecule has 0 aliphatic rings. The molecule has 4 nitrogen and oxygen atoms in total. The number of nitrogens with zero attached hydrogens (tertiary/aromatic N) is 1. The van der Waals surface area contributed by atoms with E-state index in [1.165, 1.54) is 6.07 Å². The summed E-state index contributed by atoms with van der Waals surface area (Å²) in [5, 5.41) is 16.7. The molecule has 0 aliphatic heterocycles. The molecule has 1 rings (SSSR count). The molecule has 1 aromatic rings. The van der Waals surface area contributed by atoms with E-state index in [1.54, 1.807) is 0 Å². The molecule has 1 heterocycles. The van der Waals surface area contributed by atoms with Gasteiger partial charge in [0.25, 0.3) is 6.43 Å². The van der Waals surface area contributed by atoms with Crippen LogP contribution < -0.4 is 4.65 Å². The molecule has 0 aromatic carbocycles. The third-order valence-corrected chi connectivity index (χ3v) is 1.22. The summed E-state index contributed by atoms with van der Waals surface area (Å²) in [7, 11) is -2.02. The van der Waals surface area contributed by atoms with Crippen LogP contribution in [0.4, 0.5) is 8.78 Å². The molecular weight excluding hydrogens is 183 g/mol. The summed E-state index contributed by atoms with van der Waals surface area (Å²) in [5.74, 6) is -0.0692. The highest BCUT2D eigenvalue weighted by Crippen LogP contribution is 2.20. The van der Waals surface area contributed by atoms with Crippen molar-refractivity contribution in [2.45, 2.75) is 6.43 Å². The summed E-state index contributed by atoms with van der Waals surface area (Å²) in [4.78, 5) is 3.35. The molecule has 0 unspecified atom stereocenters. The Balaban J connectivity index is 2.79. The number of alkyl halides is 2. The molecule has 0 radical (unpaired) electrons. The normalized spacial score (nSPS) is 10.2. The van der Waals surface area contributed by atoms with E-state index in [-0.39, 0.29) is 5.75 Å². The van der Waals surface area contributed by atoms with Crippen LogP contribution in [0.3, 0.4) is 0 Å². The minimum atomic E-state index is -2.71. The van der Waals surface area contributed by atoms with Gasteiger partial charge in [-0.1, -0.05) is 0 Å². The van der Waals surface area contributed by atoms with E-state index in [0.717, 1.165) is 12.3 Å². The van der Waals surface area contributed by atoms with Crippen LogP contribution in [-0.4, -0.2) is 22.4 Å². The third kappa shape index (κ3) is 2.96. The van der Waals surface area contributed by atoms with Gasteiger partial charge in [-0.25, -0.2) is 8.78 Å². The summed E-state index contributed by atoms with van der Waals surface area (Å²) in [6, 6.07) is 2.18. The zero-order valence-corrected chi connectivity index (χ0v) is 6.39. The lowest BCUT2D eigenvalue weighted by Crippen LogP contribution is -2.20. The van der Waals surface area contributed by atoms with Crippen molar-refractivity contribution in [3.05, 3.63) is 24.0 Å². The first-order valence-electron chi connectivity index (χ1n) is 3.36. The topological polar surface area (TPSA) is 62.6 Å². The fourth-order valence-electron chi connectivity index (χ4n) is 0.742. The summed E-state index contributed by atoms with van der Waals surface area (Å²) >= 11 is 0. The minimum absolute atomic E-state index is 0.0692. The molecule has 1 aromatic heterocycles. The highest BCUT2D eigenvalue weighted by molar-refractivity contribution is 6.33. The number of aromatic nitrogens is 1. The highest BCUT2D eigenvalue weighted by Gasteiger charge is 2.14. The van der Waals surface area contributed by atoms with E-state index in [4.69, 9.17) is 10.0 Å². The molecular formula is C6H6BF2NO3.